The van der Waals surface area contributed by atoms with E-state index in [4.69, 9.17) is 5.73 Å². The highest BCUT2D eigenvalue weighted by atomic mass is 32.1. The van der Waals surface area contributed by atoms with Crippen molar-refractivity contribution in [3.63, 3.8) is 0 Å². The van der Waals surface area contributed by atoms with Crippen LogP contribution in [0.3, 0.4) is 0 Å². The molecule has 2 aromatic rings. The SMILES string of the molecule is CC1CN(C)CCN1Cc1c(CN)sc2cccc(F)c12. The van der Waals surface area contributed by atoms with Crippen molar-refractivity contribution in [3.8, 4) is 0 Å². The molecule has 0 saturated carbocycles. The Morgan fingerprint density at radius 1 is 1.38 bits per heavy atom. The Kier molecular flexibility index (Phi) is 4.26. The molecule has 0 radical (unpaired) electrons. The molecule has 1 aromatic heterocycles. The van der Waals surface area contributed by atoms with Crippen LogP contribution in [0, 0.1) is 5.82 Å². The molecule has 3 rings (SSSR count). The summed E-state index contributed by atoms with van der Waals surface area (Å²) >= 11 is 1.63. The molecule has 1 fully saturated rings. The second-order valence-electron chi connectivity index (χ2n) is 5.90. The zero-order chi connectivity index (χ0) is 15.0. The first-order chi connectivity index (χ1) is 10.1. The van der Waals surface area contributed by atoms with Gasteiger partial charge in [0.2, 0.25) is 0 Å². The summed E-state index contributed by atoms with van der Waals surface area (Å²) in [5.41, 5.74) is 6.98. The highest BCUT2D eigenvalue weighted by Gasteiger charge is 2.24. The van der Waals surface area contributed by atoms with Crippen LogP contribution in [-0.2, 0) is 13.1 Å². The van der Waals surface area contributed by atoms with Crippen LogP contribution in [0.2, 0.25) is 0 Å². The van der Waals surface area contributed by atoms with Crippen LogP contribution in [-0.4, -0.2) is 42.5 Å². The first-order valence-electron chi connectivity index (χ1n) is 7.41. The number of hydrogen-bond donors (Lipinski definition) is 1. The van der Waals surface area contributed by atoms with E-state index >= 15 is 0 Å². The van der Waals surface area contributed by atoms with Crippen molar-refractivity contribution < 1.29 is 4.39 Å². The maximum atomic E-state index is 14.2. The Morgan fingerprint density at radius 2 is 2.19 bits per heavy atom. The van der Waals surface area contributed by atoms with E-state index < -0.39 is 0 Å². The fraction of sp³-hybridized carbons (Fsp3) is 0.500. The number of nitrogens with two attached hydrogens (primary N) is 1. The molecular formula is C16H22FN3S. The summed E-state index contributed by atoms with van der Waals surface area (Å²) in [6.07, 6.45) is 0. The minimum Gasteiger partial charge on any atom is -0.326 e. The fourth-order valence-electron chi connectivity index (χ4n) is 3.16. The predicted molar refractivity (Wildman–Crippen MR) is 87.0 cm³/mol. The van der Waals surface area contributed by atoms with Gasteiger partial charge in [0.1, 0.15) is 5.82 Å². The number of nitrogens with zero attached hydrogens (tertiary/aromatic N) is 2. The van der Waals surface area contributed by atoms with Crippen LogP contribution in [0.25, 0.3) is 10.1 Å². The van der Waals surface area contributed by atoms with Crippen molar-refractivity contribution in [3.05, 3.63) is 34.5 Å². The quantitative estimate of drug-likeness (QED) is 0.946. The van der Waals surface area contributed by atoms with Gasteiger partial charge in [-0.25, -0.2) is 4.39 Å². The molecule has 0 spiro atoms. The van der Waals surface area contributed by atoms with Gasteiger partial charge in [-0.1, -0.05) is 6.07 Å². The van der Waals surface area contributed by atoms with Crippen molar-refractivity contribution in [2.24, 2.45) is 5.73 Å². The van der Waals surface area contributed by atoms with Gasteiger partial charge in [-0.15, -0.1) is 11.3 Å². The second kappa shape index (κ2) is 6.01. The van der Waals surface area contributed by atoms with Crippen LogP contribution in [0.5, 0.6) is 0 Å². The molecule has 0 aliphatic carbocycles. The monoisotopic (exact) mass is 307 g/mol. The van der Waals surface area contributed by atoms with Gasteiger partial charge in [-0.3, -0.25) is 4.90 Å². The van der Waals surface area contributed by atoms with Gasteiger partial charge in [-0.2, -0.15) is 0 Å². The van der Waals surface area contributed by atoms with Crippen molar-refractivity contribution in [1.82, 2.24) is 9.80 Å². The summed E-state index contributed by atoms with van der Waals surface area (Å²) in [5.74, 6) is -0.125. The average molecular weight is 307 g/mol. The summed E-state index contributed by atoms with van der Waals surface area (Å²) < 4.78 is 15.3. The number of benzene rings is 1. The number of thiophene rings is 1. The van der Waals surface area contributed by atoms with Crippen LogP contribution < -0.4 is 5.73 Å². The van der Waals surface area contributed by atoms with Crippen LogP contribution >= 0.6 is 11.3 Å². The molecule has 5 heteroatoms. The zero-order valence-electron chi connectivity index (χ0n) is 12.6. The Labute approximate surface area is 129 Å². The van der Waals surface area contributed by atoms with Gasteiger partial charge in [0.25, 0.3) is 0 Å². The first kappa shape index (κ1) is 14.9. The van der Waals surface area contributed by atoms with E-state index in [2.05, 4.69) is 23.8 Å². The highest BCUT2D eigenvalue weighted by Crippen LogP contribution is 2.34. The Balaban J connectivity index is 1.96. The first-order valence-corrected chi connectivity index (χ1v) is 8.23. The molecule has 2 N–H and O–H groups in total. The molecule has 1 aliphatic rings. The van der Waals surface area contributed by atoms with Gasteiger partial charge < -0.3 is 10.6 Å². The van der Waals surface area contributed by atoms with E-state index in [0.29, 0.717) is 12.6 Å². The molecule has 1 saturated heterocycles. The molecule has 21 heavy (non-hydrogen) atoms. The van der Waals surface area contributed by atoms with E-state index in [1.807, 2.05) is 6.07 Å². The Hall–Kier alpha value is -1.01. The van der Waals surface area contributed by atoms with E-state index in [0.717, 1.165) is 46.7 Å². The lowest BCUT2D eigenvalue weighted by atomic mass is 10.1. The van der Waals surface area contributed by atoms with Crippen LogP contribution in [0.1, 0.15) is 17.4 Å². The van der Waals surface area contributed by atoms with Gasteiger partial charge in [-0.05, 0) is 31.7 Å². The maximum Gasteiger partial charge on any atom is 0.132 e. The minimum absolute atomic E-state index is 0.125. The second-order valence-corrected chi connectivity index (χ2v) is 7.04. The number of piperazine rings is 1. The lowest BCUT2D eigenvalue weighted by Gasteiger charge is -2.38. The zero-order valence-corrected chi connectivity index (χ0v) is 13.4. The summed E-state index contributed by atoms with van der Waals surface area (Å²) in [7, 11) is 2.15. The van der Waals surface area contributed by atoms with Crippen molar-refractivity contribution >= 4 is 21.4 Å². The molecule has 3 nitrogen and oxygen atoms in total. The predicted octanol–water partition coefficient (Wildman–Crippen LogP) is 2.64. The third kappa shape index (κ3) is 2.83. The molecule has 0 amide bonds. The fourth-order valence-corrected chi connectivity index (χ4v) is 4.27. The number of likely N-dealkylation sites (N-methyl/N-ethyl adjacent to an activating group) is 1. The van der Waals surface area contributed by atoms with Gasteiger partial charge in [0, 0.05) is 53.7 Å². The average Bonchev–Trinajstić information content (AvgIpc) is 2.81. The summed E-state index contributed by atoms with van der Waals surface area (Å²) in [6, 6.07) is 5.79. The molecule has 1 aromatic carbocycles. The summed E-state index contributed by atoms with van der Waals surface area (Å²) in [6.45, 7) is 6.66. The number of rotatable bonds is 3. The molecule has 2 heterocycles. The van der Waals surface area contributed by atoms with Crippen molar-refractivity contribution in [2.75, 3.05) is 26.7 Å². The third-order valence-electron chi connectivity index (χ3n) is 4.36. The van der Waals surface area contributed by atoms with Crippen LogP contribution in [0.4, 0.5) is 4.39 Å². The largest absolute Gasteiger partial charge is 0.326 e. The van der Waals surface area contributed by atoms with Crippen molar-refractivity contribution in [1.29, 1.82) is 0 Å². The molecule has 1 atom stereocenters. The smallest absolute Gasteiger partial charge is 0.132 e. The van der Waals surface area contributed by atoms with Gasteiger partial charge in [0.05, 0.1) is 0 Å². The minimum atomic E-state index is -0.125. The molecule has 1 unspecified atom stereocenters. The van der Waals surface area contributed by atoms with Crippen LogP contribution in [0.15, 0.2) is 18.2 Å². The van der Waals surface area contributed by atoms with Gasteiger partial charge >= 0.3 is 0 Å². The number of fused-ring (bicyclic) bond motifs is 1. The van der Waals surface area contributed by atoms with E-state index in [9.17, 15) is 4.39 Å². The molecule has 1 aliphatic heterocycles. The standard InChI is InChI=1S/C16H22FN3S/c1-11-9-19(2)6-7-20(11)10-12-15(8-18)21-14-5-3-4-13(17)16(12)14/h3-5,11H,6-10,18H2,1-2H3. The third-order valence-corrected chi connectivity index (χ3v) is 5.58. The van der Waals surface area contributed by atoms with E-state index in [1.165, 1.54) is 0 Å². The highest BCUT2D eigenvalue weighted by molar-refractivity contribution is 7.19. The van der Waals surface area contributed by atoms with Crippen molar-refractivity contribution in [2.45, 2.75) is 26.1 Å². The number of halogens is 1. The summed E-state index contributed by atoms with van der Waals surface area (Å²) in [4.78, 5) is 5.89. The molecular weight excluding hydrogens is 285 g/mol. The topological polar surface area (TPSA) is 32.5 Å². The van der Waals surface area contributed by atoms with E-state index in [-0.39, 0.29) is 5.82 Å². The van der Waals surface area contributed by atoms with Gasteiger partial charge in [0.15, 0.2) is 0 Å². The maximum absolute atomic E-state index is 14.2. The van der Waals surface area contributed by atoms with E-state index in [1.54, 1.807) is 23.5 Å². The Morgan fingerprint density at radius 3 is 2.90 bits per heavy atom. The molecule has 0 bridgehead atoms. The lowest BCUT2D eigenvalue weighted by molar-refractivity contribution is 0.0940. The lowest BCUT2D eigenvalue weighted by Crippen LogP contribution is -2.49. The number of hydrogen-bond acceptors (Lipinski definition) is 4. The normalized spacial score (nSPS) is 21.2. The summed E-state index contributed by atoms with van der Waals surface area (Å²) in [5, 5.41) is 0.772. The Bertz CT molecular complexity index is 640. The molecule has 114 valence electrons.